The smallest absolute Gasteiger partial charge is 0.265 e. The Morgan fingerprint density at radius 3 is 2.89 bits per heavy atom. The third-order valence-electron chi connectivity index (χ3n) is 3.31. The molecule has 1 fully saturated rings. The van der Waals surface area contributed by atoms with Crippen LogP contribution in [-0.4, -0.2) is 55.0 Å². The van der Waals surface area contributed by atoms with Crippen molar-refractivity contribution >= 4 is 28.8 Å². The van der Waals surface area contributed by atoms with E-state index in [4.69, 9.17) is 17.3 Å². The second kappa shape index (κ2) is 5.57. The van der Waals surface area contributed by atoms with Crippen molar-refractivity contribution in [1.29, 1.82) is 0 Å². The molecule has 1 aliphatic heterocycles. The van der Waals surface area contributed by atoms with Crippen LogP contribution in [0.4, 0.5) is 0 Å². The first kappa shape index (κ1) is 13.8. The molecule has 0 radical (unpaired) electrons. The van der Waals surface area contributed by atoms with Crippen LogP contribution in [0, 0.1) is 6.92 Å². The van der Waals surface area contributed by atoms with Crippen LogP contribution in [-0.2, 0) is 0 Å². The zero-order valence-corrected chi connectivity index (χ0v) is 12.2. The van der Waals surface area contributed by atoms with Gasteiger partial charge in [-0.1, -0.05) is 11.6 Å². The highest BCUT2D eigenvalue weighted by Gasteiger charge is 2.30. The van der Waals surface area contributed by atoms with Crippen molar-refractivity contribution in [2.24, 2.45) is 5.73 Å². The lowest BCUT2D eigenvalue weighted by molar-refractivity contribution is 0.0521. The molecule has 4 nitrogen and oxygen atoms in total. The number of thiophene rings is 1. The minimum Gasteiger partial charge on any atom is -0.331 e. The van der Waals surface area contributed by atoms with Gasteiger partial charge < -0.3 is 15.5 Å². The lowest BCUT2D eigenvalue weighted by Crippen LogP contribution is -2.56. The number of rotatable bonds is 2. The first-order valence-corrected chi connectivity index (χ1v) is 7.23. The molecule has 0 bridgehead atoms. The van der Waals surface area contributed by atoms with Crippen molar-refractivity contribution in [2.45, 2.75) is 13.0 Å². The summed E-state index contributed by atoms with van der Waals surface area (Å²) in [5.41, 5.74) is 6.73. The van der Waals surface area contributed by atoms with Crippen molar-refractivity contribution in [3.8, 4) is 0 Å². The van der Waals surface area contributed by atoms with Gasteiger partial charge in [0.05, 0.1) is 11.1 Å². The second-order valence-corrected chi connectivity index (χ2v) is 5.97. The van der Waals surface area contributed by atoms with Crippen LogP contribution in [0.3, 0.4) is 0 Å². The fraction of sp³-hybridized carbons (Fsp3) is 0.583. The molecule has 1 aromatic heterocycles. The van der Waals surface area contributed by atoms with Gasteiger partial charge in [-0.05, 0) is 24.9 Å². The van der Waals surface area contributed by atoms with Gasteiger partial charge in [-0.15, -0.1) is 11.3 Å². The Hall–Kier alpha value is -0.620. The van der Waals surface area contributed by atoms with Crippen LogP contribution >= 0.6 is 22.9 Å². The first-order chi connectivity index (χ1) is 8.54. The fourth-order valence-electron chi connectivity index (χ4n) is 2.18. The number of hydrogen-bond donors (Lipinski definition) is 1. The van der Waals surface area contributed by atoms with Crippen LogP contribution in [0.5, 0.6) is 0 Å². The Balaban J connectivity index is 2.20. The molecule has 1 saturated heterocycles. The molecular formula is C12H18ClN3OS. The number of carbonyl (C=O) groups is 1. The third kappa shape index (κ3) is 2.54. The molecule has 6 heteroatoms. The molecule has 2 rings (SSSR count). The predicted octanol–water partition coefficient (Wildman–Crippen LogP) is 1.42. The number of nitrogens with zero attached hydrogens (tertiary/aromatic N) is 2. The van der Waals surface area contributed by atoms with E-state index in [0.29, 0.717) is 23.0 Å². The van der Waals surface area contributed by atoms with Gasteiger partial charge in [-0.25, -0.2) is 0 Å². The maximum atomic E-state index is 12.5. The minimum atomic E-state index is 0.0154. The van der Waals surface area contributed by atoms with Gasteiger partial charge in [0.15, 0.2) is 0 Å². The van der Waals surface area contributed by atoms with E-state index in [2.05, 4.69) is 4.90 Å². The number of nitrogens with two attached hydrogens (primary N) is 1. The van der Waals surface area contributed by atoms with Crippen molar-refractivity contribution in [3.63, 3.8) is 0 Å². The fourth-order valence-corrected chi connectivity index (χ4v) is 3.41. The zero-order chi connectivity index (χ0) is 13.3. The first-order valence-electron chi connectivity index (χ1n) is 5.97. The van der Waals surface area contributed by atoms with E-state index in [1.54, 1.807) is 0 Å². The van der Waals surface area contributed by atoms with Crippen molar-refractivity contribution in [2.75, 3.05) is 33.2 Å². The monoisotopic (exact) mass is 287 g/mol. The van der Waals surface area contributed by atoms with Crippen LogP contribution in [0.1, 0.15) is 15.2 Å². The molecule has 2 heterocycles. The van der Waals surface area contributed by atoms with Crippen molar-refractivity contribution < 1.29 is 4.79 Å². The van der Waals surface area contributed by atoms with Gasteiger partial charge in [0, 0.05) is 26.2 Å². The van der Waals surface area contributed by atoms with Crippen molar-refractivity contribution in [3.05, 3.63) is 20.8 Å². The average molecular weight is 288 g/mol. The Morgan fingerprint density at radius 2 is 2.33 bits per heavy atom. The van der Waals surface area contributed by atoms with Gasteiger partial charge in [-0.2, -0.15) is 0 Å². The van der Waals surface area contributed by atoms with Gasteiger partial charge in [0.1, 0.15) is 4.88 Å². The number of aryl methyl sites for hydroxylation is 1. The van der Waals surface area contributed by atoms with E-state index < -0.39 is 0 Å². The van der Waals surface area contributed by atoms with Crippen LogP contribution in [0.2, 0.25) is 5.02 Å². The molecule has 0 spiro atoms. The van der Waals surface area contributed by atoms with Gasteiger partial charge in [0.25, 0.3) is 5.91 Å². The summed E-state index contributed by atoms with van der Waals surface area (Å²) in [7, 11) is 2.05. The minimum absolute atomic E-state index is 0.0154. The molecule has 1 unspecified atom stereocenters. The van der Waals surface area contributed by atoms with E-state index in [1.165, 1.54) is 11.3 Å². The maximum absolute atomic E-state index is 12.5. The SMILES string of the molecule is Cc1csc(C(=O)N2CCN(C)CC2CN)c1Cl. The van der Waals surface area contributed by atoms with Crippen LogP contribution in [0.25, 0.3) is 0 Å². The molecule has 100 valence electrons. The highest BCUT2D eigenvalue weighted by atomic mass is 35.5. The normalized spacial score (nSPS) is 21.3. The molecule has 0 aromatic carbocycles. The Labute approximate surface area is 116 Å². The van der Waals surface area contributed by atoms with Crippen molar-refractivity contribution in [1.82, 2.24) is 9.80 Å². The highest BCUT2D eigenvalue weighted by Crippen LogP contribution is 2.29. The quantitative estimate of drug-likeness (QED) is 0.895. The van der Waals surface area contributed by atoms with E-state index in [1.807, 2.05) is 24.3 Å². The highest BCUT2D eigenvalue weighted by molar-refractivity contribution is 7.13. The van der Waals surface area contributed by atoms with Crippen LogP contribution in [0.15, 0.2) is 5.38 Å². The molecule has 1 atom stereocenters. The molecular weight excluding hydrogens is 270 g/mol. The summed E-state index contributed by atoms with van der Waals surface area (Å²) >= 11 is 7.58. The molecule has 0 aliphatic carbocycles. The van der Waals surface area contributed by atoms with Crippen LogP contribution < -0.4 is 5.73 Å². The number of likely N-dealkylation sites (N-methyl/N-ethyl adjacent to an activating group) is 1. The summed E-state index contributed by atoms with van der Waals surface area (Å²) < 4.78 is 0. The Kier molecular flexibility index (Phi) is 4.27. The molecule has 1 amide bonds. The topological polar surface area (TPSA) is 49.6 Å². The van der Waals surface area contributed by atoms with Gasteiger partial charge in [0.2, 0.25) is 0 Å². The summed E-state index contributed by atoms with van der Waals surface area (Å²) in [6.07, 6.45) is 0. The Bertz CT molecular complexity index is 449. The summed E-state index contributed by atoms with van der Waals surface area (Å²) in [6, 6.07) is 0.0784. The second-order valence-electron chi connectivity index (χ2n) is 4.71. The average Bonchev–Trinajstić information content (AvgIpc) is 2.69. The number of piperazine rings is 1. The van der Waals surface area contributed by atoms with E-state index >= 15 is 0 Å². The summed E-state index contributed by atoms with van der Waals surface area (Å²) in [6.45, 7) is 4.82. The molecule has 1 aromatic rings. The summed E-state index contributed by atoms with van der Waals surface area (Å²) in [5.74, 6) is 0.0154. The maximum Gasteiger partial charge on any atom is 0.265 e. The number of carbonyl (C=O) groups excluding carboxylic acids is 1. The lowest BCUT2D eigenvalue weighted by Gasteiger charge is -2.39. The largest absolute Gasteiger partial charge is 0.331 e. The Morgan fingerprint density at radius 1 is 1.61 bits per heavy atom. The number of halogens is 1. The predicted molar refractivity (Wildman–Crippen MR) is 75.4 cm³/mol. The summed E-state index contributed by atoms with van der Waals surface area (Å²) in [4.78, 5) is 17.2. The number of amides is 1. The lowest BCUT2D eigenvalue weighted by atomic mass is 10.1. The standard InChI is InChI=1S/C12H18ClN3OS/c1-8-7-18-11(10(8)13)12(17)16-4-3-15(2)6-9(16)5-14/h7,9H,3-6,14H2,1-2H3. The van der Waals surface area contributed by atoms with E-state index in [9.17, 15) is 4.79 Å². The molecule has 1 aliphatic rings. The summed E-state index contributed by atoms with van der Waals surface area (Å²) in [5, 5.41) is 2.50. The third-order valence-corrected chi connectivity index (χ3v) is 5.00. The van der Waals surface area contributed by atoms with E-state index in [-0.39, 0.29) is 11.9 Å². The van der Waals surface area contributed by atoms with E-state index in [0.717, 1.165) is 18.7 Å². The van der Waals surface area contributed by atoms with Gasteiger partial charge >= 0.3 is 0 Å². The molecule has 18 heavy (non-hydrogen) atoms. The molecule has 0 saturated carbocycles. The van der Waals surface area contributed by atoms with Gasteiger partial charge in [-0.3, -0.25) is 4.79 Å². The molecule has 2 N–H and O–H groups in total. The zero-order valence-electron chi connectivity index (χ0n) is 10.6. The number of hydrogen-bond acceptors (Lipinski definition) is 4.